The number of carboxylic acid groups (broad SMARTS) is 1. The Bertz CT molecular complexity index is 1270. The predicted molar refractivity (Wildman–Crippen MR) is 164 cm³/mol. The predicted octanol–water partition coefficient (Wildman–Crippen LogP) is 6.75. The van der Waals surface area contributed by atoms with Crippen LogP contribution in [-0.4, -0.2) is 61.0 Å². The van der Waals surface area contributed by atoms with Gasteiger partial charge in [-0.15, -0.1) is 0 Å². The minimum absolute atomic E-state index is 0.252. The first-order valence-corrected chi connectivity index (χ1v) is 14.8. The van der Waals surface area contributed by atoms with Crippen molar-refractivity contribution in [3.63, 3.8) is 0 Å². The van der Waals surface area contributed by atoms with Gasteiger partial charge in [0.2, 0.25) is 0 Å². The summed E-state index contributed by atoms with van der Waals surface area (Å²) in [5.74, 6) is -0.732. The molecule has 1 unspecified atom stereocenters. The lowest BCUT2D eigenvalue weighted by Crippen LogP contribution is -2.42. The van der Waals surface area contributed by atoms with E-state index in [9.17, 15) is 19.1 Å². The Morgan fingerprint density at radius 2 is 1.58 bits per heavy atom. The highest BCUT2D eigenvalue weighted by Gasteiger charge is 2.18. The molecule has 0 radical (unpaired) electrons. The van der Waals surface area contributed by atoms with Crippen molar-refractivity contribution in [1.29, 1.82) is 0 Å². The maximum Gasteiger partial charge on any atom is 0.333 e. The minimum Gasteiger partial charge on any atom is -0.492 e. The molecule has 0 heterocycles. The Kier molecular flexibility index (Phi) is 14.5. The van der Waals surface area contributed by atoms with Crippen molar-refractivity contribution in [2.24, 2.45) is 0 Å². The number of nitrogens with zero attached hydrogens (tertiary/aromatic N) is 1. The maximum absolute atomic E-state index is 13.2. The van der Waals surface area contributed by atoms with E-state index in [1.54, 1.807) is 54.3 Å². The number of carbonyl (C=O) groups is 2. The lowest BCUT2D eigenvalue weighted by atomic mass is 10.1. The molecule has 0 aliphatic heterocycles. The van der Waals surface area contributed by atoms with Gasteiger partial charge in [0.25, 0.3) is 0 Å². The quantitative estimate of drug-likeness (QED) is 0.150. The number of urea groups is 1. The number of unbranched alkanes of at least 4 members (excludes halogenated alkanes) is 1. The zero-order valence-electron chi connectivity index (χ0n) is 24.1. The molecular formula is C32H37Cl2FN2O6. The van der Waals surface area contributed by atoms with Crippen LogP contribution in [0.5, 0.6) is 5.75 Å². The largest absolute Gasteiger partial charge is 0.492 e. The Morgan fingerprint density at radius 1 is 0.907 bits per heavy atom. The smallest absolute Gasteiger partial charge is 0.333 e. The van der Waals surface area contributed by atoms with E-state index in [2.05, 4.69) is 5.32 Å². The van der Waals surface area contributed by atoms with Crippen LogP contribution in [0, 0.1) is 5.82 Å². The number of halogens is 3. The molecule has 8 nitrogen and oxygen atoms in total. The molecule has 11 heteroatoms. The summed E-state index contributed by atoms with van der Waals surface area (Å²) in [6.07, 6.45) is 0.790. The first-order chi connectivity index (χ1) is 20.7. The number of benzene rings is 3. The maximum atomic E-state index is 13.2. The number of carbonyl (C=O) groups excluding carboxylic acids is 1. The van der Waals surface area contributed by atoms with Crippen LogP contribution in [-0.2, 0) is 33.8 Å². The molecule has 0 aromatic heterocycles. The highest BCUT2D eigenvalue weighted by atomic mass is 35.5. The summed E-state index contributed by atoms with van der Waals surface area (Å²) in [6, 6.07) is 18.1. The SMILES string of the molecule is CCOC(Cc1ccc(OCCN(CCCCOCc2cc(Cl)cc(Cl)c2)C(=O)NCc2ccc(F)cc2)cc1)C(=O)O. The highest BCUT2D eigenvalue weighted by Crippen LogP contribution is 2.20. The zero-order valence-corrected chi connectivity index (χ0v) is 25.6. The van der Waals surface area contributed by atoms with Gasteiger partial charge in [-0.2, -0.15) is 0 Å². The molecule has 1 atom stereocenters. The van der Waals surface area contributed by atoms with E-state index in [1.807, 2.05) is 12.1 Å². The van der Waals surface area contributed by atoms with E-state index in [0.29, 0.717) is 55.1 Å². The van der Waals surface area contributed by atoms with Crippen LogP contribution in [0.4, 0.5) is 9.18 Å². The Labute approximate surface area is 261 Å². The second kappa shape index (κ2) is 18.3. The monoisotopic (exact) mass is 634 g/mol. The average molecular weight is 636 g/mol. The van der Waals surface area contributed by atoms with Crippen LogP contribution in [0.25, 0.3) is 0 Å². The number of amides is 2. The van der Waals surface area contributed by atoms with Gasteiger partial charge in [-0.3, -0.25) is 0 Å². The van der Waals surface area contributed by atoms with Gasteiger partial charge in [-0.25, -0.2) is 14.0 Å². The molecule has 232 valence electrons. The average Bonchev–Trinajstić information content (AvgIpc) is 2.97. The van der Waals surface area contributed by atoms with E-state index in [4.69, 9.17) is 37.4 Å². The van der Waals surface area contributed by atoms with Crippen molar-refractivity contribution < 1.29 is 33.3 Å². The third-order valence-corrected chi connectivity index (χ3v) is 6.86. The van der Waals surface area contributed by atoms with Crippen LogP contribution in [0.3, 0.4) is 0 Å². The molecule has 0 fully saturated rings. The molecule has 3 rings (SSSR count). The van der Waals surface area contributed by atoms with Crippen molar-refractivity contribution in [3.05, 3.63) is 99.3 Å². The molecule has 0 aliphatic carbocycles. The molecule has 3 aromatic rings. The fraction of sp³-hybridized carbons (Fsp3) is 0.375. The van der Waals surface area contributed by atoms with Crippen molar-refractivity contribution >= 4 is 35.2 Å². The molecule has 2 N–H and O–H groups in total. The van der Waals surface area contributed by atoms with Gasteiger partial charge >= 0.3 is 12.0 Å². The molecule has 0 aliphatic rings. The second-order valence-electron chi connectivity index (χ2n) is 9.79. The fourth-order valence-electron chi connectivity index (χ4n) is 4.23. The van der Waals surface area contributed by atoms with E-state index >= 15 is 0 Å². The summed E-state index contributed by atoms with van der Waals surface area (Å²) in [7, 11) is 0. The summed E-state index contributed by atoms with van der Waals surface area (Å²) >= 11 is 12.1. The summed E-state index contributed by atoms with van der Waals surface area (Å²) in [4.78, 5) is 26.0. The van der Waals surface area contributed by atoms with Crippen LogP contribution in [0.15, 0.2) is 66.7 Å². The molecule has 0 saturated carbocycles. The first kappa shape index (κ1) is 34.1. The molecule has 3 aromatic carbocycles. The zero-order chi connectivity index (χ0) is 31.0. The van der Waals surface area contributed by atoms with E-state index in [1.165, 1.54) is 12.1 Å². The van der Waals surface area contributed by atoms with Gasteiger partial charge in [0.1, 0.15) is 18.2 Å². The Balaban J connectivity index is 1.48. The standard InChI is InChI=1S/C32H37Cl2FN2O6/c1-2-42-30(31(38)39)19-23-7-11-29(12-8-23)43-16-14-37(32(40)36-21-24-5-9-28(35)10-6-24)13-3-4-15-41-22-25-17-26(33)20-27(34)18-25/h5-12,17-18,20,30H,2-4,13-16,19,21-22H2,1H3,(H,36,40)(H,38,39). The van der Waals surface area contributed by atoms with Crippen LogP contribution in [0.1, 0.15) is 36.5 Å². The van der Waals surface area contributed by atoms with Crippen LogP contribution < -0.4 is 10.1 Å². The Hall–Kier alpha value is -3.37. The van der Waals surface area contributed by atoms with E-state index in [0.717, 1.165) is 23.1 Å². The summed E-state index contributed by atoms with van der Waals surface area (Å²) in [5.41, 5.74) is 2.49. The van der Waals surface area contributed by atoms with Crippen molar-refractivity contribution in [2.45, 2.75) is 45.4 Å². The lowest BCUT2D eigenvalue weighted by molar-refractivity contribution is -0.149. The van der Waals surface area contributed by atoms with E-state index in [-0.39, 0.29) is 31.4 Å². The summed E-state index contributed by atoms with van der Waals surface area (Å²) in [5, 5.41) is 13.3. The van der Waals surface area contributed by atoms with Crippen molar-refractivity contribution in [2.75, 3.05) is 32.9 Å². The van der Waals surface area contributed by atoms with Crippen molar-refractivity contribution in [3.8, 4) is 5.75 Å². The molecular weight excluding hydrogens is 598 g/mol. The number of carboxylic acids is 1. The van der Waals surface area contributed by atoms with Crippen LogP contribution >= 0.6 is 23.2 Å². The number of hydrogen-bond acceptors (Lipinski definition) is 5. The molecule has 43 heavy (non-hydrogen) atoms. The number of aliphatic carboxylic acids is 1. The number of nitrogens with one attached hydrogen (secondary N) is 1. The first-order valence-electron chi connectivity index (χ1n) is 14.1. The Morgan fingerprint density at radius 3 is 2.23 bits per heavy atom. The fourth-order valence-corrected chi connectivity index (χ4v) is 4.80. The topological polar surface area (TPSA) is 97.3 Å². The molecule has 2 amide bonds. The lowest BCUT2D eigenvalue weighted by Gasteiger charge is -2.23. The minimum atomic E-state index is -1.00. The summed E-state index contributed by atoms with van der Waals surface area (Å²) < 4.78 is 30.1. The molecule has 0 bridgehead atoms. The third-order valence-electron chi connectivity index (χ3n) is 6.42. The van der Waals surface area contributed by atoms with Gasteiger partial charge in [0, 0.05) is 42.8 Å². The van der Waals surface area contributed by atoms with Crippen LogP contribution in [0.2, 0.25) is 10.0 Å². The van der Waals surface area contributed by atoms with Gasteiger partial charge in [-0.05, 0) is 78.9 Å². The number of hydrogen-bond donors (Lipinski definition) is 2. The highest BCUT2D eigenvalue weighted by molar-refractivity contribution is 6.34. The molecule has 0 spiro atoms. The molecule has 0 saturated heterocycles. The van der Waals surface area contributed by atoms with Gasteiger partial charge in [-0.1, -0.05) is 47.5 Å². The second-order valence-corrected chi connectivity index (χ2v) is 10.7. The van der Waals surface area contributed by atoms with Gasteiger partial charge in [0.15, 0.2) is 6.10 Å². The third kappa shape index (κ3) is 12.8. The normalized spacial score (nSPS) is 11.6. The van der Waals surface area contributed by atoms with Gasteiger partial charge in [0.05, 0.1) is 13.2 Å². The summed E-state index contributed by atoms with van der Waals surface area (Å²) in [6.45, 7) is 4.31. The van der Waals surface area contributed by atoms with E-state index < -0.39 is 12.1 Å². The van der Waals surface area contributed by atoms with Gasteiger partial charge < -0.3 is 29.5 Å². The number of ether oxygens (including phenoxy) is 3. The number of rotatable bonds is 18. The van der Waals surface area contributed by atoms with Crippen molar-refractivity contribution in [1.82, 2.24) is 10.2 Å².